The Morgan fingerprint density at radius 3 is 2.61 bits per heavy atom. The summed E-state index contributed by atoms with van der Waals surface area (Å²) in [6.45, 7) is 9.02. The van der Waals surface area contributed by atoms with Gasteiger partial charge in [0.25, 0.3) is 0 Å². The number of para-hydroxylation sites is 1. The second kappa shape index (κ2) is 8.74. The van der Waals surface area contributed by atoms with E-state index >= 15 is 0 Å². The maximum Gasteiger partial charge on any atom is 0.353 e. The molecule has 3 rings (SSSR count). The van der Waals surface area contributed by atoms with Gasteiger partial charge in [0, 0.05) is 4.88 Å². The Morgan fingerprint density at radius 1 is 1.14 bits per heavy atom. The topological polar surface area (TPSA) is 26.3 Å². The fourth-order valence-electron chi connectivity index (χ4n) is 3.68. The van der Waals surface area contributed by atoms with E-state index in [1.165, 1.54) is 47.3 Å². The molecule has 0 atom stereocenters. The van der Waals surface area contributed by atoms with Crippen molar-refractivity contribution < 1.29 is 9.53 Å². The van der Waals surface area contributed by atoms with E-state index in [4.69, 9.17) is 4.74 Å². The van der Waals surface area contributed by atoms with Crippen LogP contribution in [0.15, 0.2) is 71.3 Å². The van der Waals surface area contributed by atoms with Crippen LogP contribution in [-0.4, -0.2) is 5.97 Å². The Kier molecular flexibility index (Phi) is 6.35. The molecule has 3 heteroatoms. The molecular weight excluding hydrogens is 364 g/mol. The van der Waals surface area contributed by atoms with Crippen LogP contribution in [0.1, 0.15) is 61.5 Å². The number of ether oxygens (including phenoxy) is 1. The van der Waals surface area contributed by atoms with Gasteiger partial charge in [-0.2, -0.15) is 0 Å². The zero-order chi connectivity index (χ0) is 20.1. The number of rotatable bonds is 5. The second-order valence-electron chi connectivity index (χ2n) is 8.06. The van der Waals surface area contributed by atoms with Crippen LogP contribution in [0.4, 0.5) is 0 Å². The Labute approximate surface area is 172 Å². The molecule has 28 heavy (non-hydrogen) atoms. The molecular formula is C25H28O2S. The zero-order valence-electron chi connectivity index (χ0n) is 17.1. The Morgan fingerprint density at radius 2 is 1.89 bits per heavy atom. The van der Waals surface area contributed by atoms with Crippen LogP contribution >= 0.6 is 11.3 Å². The van der Waals surface area contributed by atoms with Crippen molar-refractivity contribution in [1.29, 1.82) is 0 Å². The standard InChI is InChI=1S/C25H28O2S/c1-18(12-14-22-19(2)9-8-16-25(22,3)4)17-21-13-15-23(28-21)24(26)27-20-10-6-5-7-11-20/h5-7,10-15,17H,8-9,16H2,1-4H3. The first-order chi connectivity index (χ1) is 13.3. The molecule has 0 unspecified atom stereocenters. The van der Waals surface area contributed by atoms with Crippen molar-refractivity contribution in [1.82, 2.24) is 0 Å². The molecule has 0 spiro atoms. The molecule has 0 bridgehead atoms. The van der Waals surface area contributed by atoms with E-state index < -0.39 is 0 Å². The summed E-state index contributed by atoms with van der Waals surface area (Å²) in [6, 6.07) is 13.0. The van der Waals surface area contributed by atoms with E-state index in [0.29, 0.717) is 10.6 Å². The number of hydrogen-bond donors (Lipinski definition) is 0. The third-order valence-corrected chi connectivity index (χ3v) is 6.22. The largest absolute Gasteiger partial charge is 0.422 e. The molecule has 1 aromatic heterocycles. The summed E-state index contributed by atoms with van der Waals surface area (Å²) in [5.74, 6) is 0.254. The van der Waals surface area contributed by atoms with E-state index in [1.807, 2.05) is 30.3 Å². The summed E-state index contributed by atoms with van der Waals surface area (Å²) in [5.41, 5.74) is 4.38. The molecule has 1 aliphatic carbocycles. The predicted octanol–water partition coefficient (Wildman–Crippen LogP) is 7.45. The van der Waals surface area contributed by atoms with E-state index in [-0.39, 0.29) is 11.4 Å². The highest BCUT2D eigenvalue weighted by molar-refractivity contribution is 7.14. The highest BCUT2D eigenvalue weighted by Gasteiger charge is 2.26. The van der Waals surface area contributed by atoms with Crippen LogP contribution in [0, 0.1) is 5.41 Å². The molecule has 0 radical (unpaired) electrons. The molecule has 0 fully saturated rings. The molecule has 146 valence electrons. The predicted molar refractivity (Wildman–Crippen MR) is 119 cm³/mol. The minimum atomic E-state index is -0.311. The smallest absolute Gasteiger partial charge is 0.353 e. The molecule has 0 saturated heterocycles. The van der Waals surface area contributed by atoms with Crippen LogP contribution in [-0.2, 0) is 0 Å². The Bertz CT molecular complexity index is 926. The molecule has 0 amide bonds. The SMILES string of the molecule is CC(C=CC1=C(C)CCCC1(C)C)=Cc1ccc(C(=O)Oc2ccccc2)s1. The van der Waals surface area contributed by atoms with Crippen LogP contribution in [0.2, 0.25) is 0 Å². The summed E-state index contributed by atoms with van der Waals surface area (Å²) in [4.78, 5) is 14.0. The van der Waals surface area contributed by atoms with Gasteiger partial charge in [-0.3, -0.25) is 0 Å². The van der Waals surface area contributed by atoms with Gasteiger partial charge in [0.2, 0.25) is 0 Å². The van der Waals surface area contributed by atoms with Gasteiger partial charge in [0.15, 0.2) is 0 Å². The highest BCUT2D eigenvalue weighted by atomic mass is 32.1. The molecule has 1 aliphatic rings. The van der Waals surface area contributed by atoms with Crippen molar-refractivity contribution in [2.45, 2.75) is 47.0 Å². The monoisotopic (exact) mass is 392 g/mol. The van der Waals surface area contributed by atoms with E-state index in [1.54, 1.807) is 12.1 Å². The molecule has 2 aromatic rings. The van der Waals surface area contributed by atoms with Gasteiger partial charge < -0.3 is 4.74 Å². The summed E-state index contributed by atoms with van der Waals surface area (Å²) >= 11 is 1.45. The van der Waals surface area contributed by atoms with Crippen LogP contribution in [0.5, 0.6) is 5.75 Å². The average molecular weight is 393 g/mol. The van der Waals surface area contributed by atoms with E-state index in [9.17, 15) is 4.79 Å². The maximum atomic E-state index is 12.3. The Balaban J connectivity index is 1.69. The number of carbonyl (C=O) groups excluding carboxylic acids is 1. The van der Waals surface area contributed by atoms with Crippen molar-refractivity contribution in [2.75, 3.05) is 0 Å². The normalized spacial score (nSPS) is 17.2. The fraction of sp³-hybridized carbons (Fsp3) is 0.320. The lowest BCUT2D eigenvalue weighted by molar-refractivity contribution is 0.0740. The maximum absolute atomic E-state index is 12.3. The molecule has 2 nitrogen and oxygen atoms in total. The van der Waals surface area contributed by atoms with Gasteiger partial charge in [0.1, 0.15) is 10.6 Å². The first kappa shape index (κ1) is 20.3. The summed E-state index contributed by atoms with van der Waals surface area (Å²) in [7, 11) is 0. The number of allylic oxidation sites excluding steroid dienone is 5. The van der Waals surface area contributed by atoms with Gasteiger partial charge in [-0.05, 0) is 80.0 Å². The van der Waals surface area contributed by atoms with E-state index in [2.05, 4.69) is 45.9 Å². The lowest BCUT2D eigenvalue weighted by Gasteiger charge is -2.32. The first-order valence-electron chi connectivity index (χ1n) is 9.79. The fourth-order valence-corrected chi connectivity index (χ4v) is 4.58. The summed E-state index contributed by atoms with van der Waals surface area (Å²) in [5, 5.41) is 0. The number of benzene rings is 1. The lowest BCUT2D eigenvalue weighted by Crippen LogP contribution is -2.19. The number of esters is 1. The van der Waals surface area contributed by atoms with Gasteiger partial charge in [-0.25, -0.2) is 4.79 Å². The van der Waals surface area contributed by atoms with Gasteiger partial charge in [-0.15, -0.1) is 11.3 Å². The van der Waals surface area contributed by atoms with Gasteiger partial charge in [0.05, 0.1) is 0 Å². The molecule has 0 aliphatic heterocycles. The Hall–Kier alpha value is -2.39. The number of hydrogen-bond acceptors (Lipinski definition) is 3. The minimum Gasteiger partial charge on any atom is -0.422 e. The minimum absolute atomic E-state index is 0.246. The average Bonchev–Trinajstić information content (AvgIpc) is 3.10. The second-order valence-corrected chi connectivity index (χ2v) is 9.17. The quantitative estimate of drug-likeness (QED) is 0.300. The van der Waals surface area contributed by atoms with Crippen molar-refractivity contribution in [2.24, 2.45) is 5.41 Å². The van der Waals surface area contributed by atoms with E-state index in [0.717, 1.165) is 4.88 Å². The molecule has 1 heterocycles. The van der Waals surface area contributed by atoms with Crippen molar-refractivity contribution in [3.63, 3.8) is 0 Å². The third kappa shape index (κ3) is 5.11. The zero-order valence-corrected chi connectivity index (χ0v) is 17.9. The van der Waals surface area contributed by atoms with Crippen LogP contribution < -0.4 is 4.74 Å². The number of carbonyl (C=O) groups is 1. The summed E-state index contributed by atoms with van der Waals surface area (Å²) in [6.07, 6.45) is 10.3. The van der Waals surface area contributed by atoms with Crippen molar-refractivity contribution >= 4 is 23.4 Å². The van der Waals surface area contributed by atoms with Crippen molar-refractivity contribution in [3.05, 3.63) is 81.1 Å². The molecule has 0 N–H and O–H groups in total. The van der Waals surface area contributed by atoms with Crippen LogP contribution in [0.25, 0.3) is 6.08 Å². The summed E-state index contributed by atoms with van der Waals surface area (Å²) < 4.78 is 5.41. The van der Waals surface area contributed by atoms with Crippen LogP contribution in [0.3, 0.4) is 0 Å². The number of thiophene rings is 1. The molecule has 0 saturated carbocycles. The lowest BCUT2D eigenvalue weighted by atomic mass is 9.72. The highest BCUT2D eigenvalue weighted by Crippen LogP contribution is 2.40. The van der Waals surface area contributed by atoms with Gasteiger partial charge >= 0.3 is 5.97 Å². The van der Waals surface area contributed by atoms with Gasteiger partial charge in [-0.1, -0.05) is 49.8 Å². The first-order valence-corrected chi connectivity index (χ1v) is 10.6. The molecule has 1 aromatic carbocycles. The van der Waals surface area contributed by atoms with Crippen molar-refractivity contribution in [3.8, 4) is 5.75 Å². The third-order valence-electron chi connectivity index (χ3n) is 5.21.